The zero-order chi connectivity index (χ0) is 14.7. The van der Waals surface area contributed by atoms with Crippen LogP contribution in [-0.2, 0) is 4.79 Å². The van der Waals surface area contributed by atoms with E-state index in [1.165, 1.54) is 19.3 Å². The number of amides is 2. The smallest absolute Gasteiger partial charge is 0.317 e. The molecule has 1 saturated carbocycles. The predicted octanol–water partition coefficient (Wildman–Crippen LogP) is 2.32. The van der Waals surface area contributed by atoms with Gasteiger partial charge in [0.2, 0.25) is 0 Å². The number of carbonyl (C=O) groups is 2. The number of rotatable bonds is 4. The number of nitrogens with zero attached hydrogens (tertiary/aromatic N) is 1. The lowest BCUT2D eigenvalue weighted by molar-refractivity contribution is -0.144. The monoisotopic (exact) mass is 282 g/mol. The number of carboxylic acids is 1. The van der Waals surface area contributed by atoms with E-state index in [-0.39, 0.29) is 17.9 Å². The molecular formula is C15H26N2O3. The summed E-state index contributed by atoms with van der Waals surface area (Å²) in [6.07, 6.45) is 5.83. The number of likely N-dealkylation sites (tertiary alicyclic amines) is 1. The summed E-state index contributed by atoms with van der Waals surface area (Å²) in [7, 11) is 0. The van der Waals surface area contributed by atoms with Crippen LogP contribution in [0.3, 0.4) is 0 Å². The first-order valence-corrected chi connectivity index (χ1v) is 7.79. The number of hydrogen-bond acceptors (Lipinski definition) is 2. The molecule has 114 valence electrons. The van der Waals surface area contributed by atoms with Gasteiger partial charge in [-0.05, 0) is 18.8 Å². The quantitative estimate of drug-likeness (QED) is 0.831. The van der Waals surface area contributed by atoms with Crippen molar-refractivity contribution in [3.05, 3.63) is 0 Å². The molecule has 5 heteroatoms. The molecule has 3 atom stereocenters. The van der Waals surface area contributed by atoms with Gasteiger partial charge >= 0.3 is 12.0 Å². The molecule has 20 heavy (non-hydrogen) atoms. The lowest BCUT2D eigenvalue weighted by Gasteiger charge is -2.42. The summed E-state index contributed by atoms with van der Waals surface area (Å²) in [5.74, 6) is -0.287. The van der Waals surface area contributed by atoms with Gasteiger partial charge in [-0.25, -0.2) is 4.79 Å². The second kappa shape index (κ2) is 6.46. The Bertz CT molecular complexity index is 366. The standard InChI is InChI=1S/C15H26N2O3/c1-3-11-5-4-6-13(7-11)16-15(20)17-8-12(9-17)10(2)14(18)19/h10-13H,3-9H2,1-2H3,(H,16,20)(H,18,19). The zero-order valence-corrected chi connectivity index (χ0v) is 12.5. The molecule has 0 spiro atoms. The van der Waals surface area contributed by atoms with Gasteiger partial charge in [-0.2, -0.15) is 0 Å². The summed E-state index contributed by atoms with van der Waals surface area (Å²) >= 11 is 0. The minimum Gasteiger partial charge on any atom is -0.481 e. The van der Waals surface area contributed by atoms with E-state index in [9.17, 15) is 9.59 Å². The molecule has 0 radical (unpaired) electrons. The average molecular weight is 282 g/mol. The fraction of sp³-hybridized carbons (Fsp3) is 0.867. The van der Waals surface area contributed by atoms with Crippen LogP contribution in [0.25, 0.3) is 0 Å². The second-order valence-corrected chi connectivity index (χ2v) is 6.38. The highest BCUT2D eigenvalue weighted by Gasteiger charge is 2.37. The van der Waals surface area contributed by atoms with Crippen molar-refractivity contribution in [3.63, 3.8) is 0 Å². The number of nitrogens with one attached hydrogen (secondary N) is 1. The van der Waals surface area contributed by atoms with Crippen molar-refractivity contribution >= 4 is 12.0 Å². The first kappa shape index (κ1) is 15.1. The van der Waals surface area contributed by atoms with Crippen LogP contribution >= 0.6 is 0 Å². The molecule has 0 aromatic rings. The number of carboxylic acid groups (broad SMARTS) is 1. The molecule has 1 saturated heterocycles. The van der Waals surface area contributed by atoms with Crippen LogP contribution in [0.2, 0.25) is 0 Å². The van der Waals surface area contributed by atoms with Crippen molar-refractivity contribution in [3.8, 4) is 0 Å². The summed E-state index contributed by atoms with van der Waals surface area (Å²) in [5, 5.41) is 12.1. The van der Waals surface area contributed by atoms with Crippen LogP contribution in [0.1, 0.15) is 46.0 Å². The first-order chi connectivity index (χ1) is 9.51. The molecule has 2 N–H and O–H groups in total. The van der Waals surface area contributed by atoms with E-state index >= 15 is 0 Å². The van der Waals surface area contributed by atoms with Gasteiger partial charge in [0, 0.05) is 25.0 Å². The van der Waals surface area contributed by atoms with Crippen molar-refractivity contribution in [2.45, 2.75) is 52.0 Å². The van der Waals surface area contributed by atoms with E-state index in [0.717, 1.165) is 18.8 Å². The molecule has 2 amide bonds. The maximum atomic E-state index is 12.1. The Labute approximate surface area is 120 Å². The van der Waals surface area contributed by atoms with Crippen LogP contribution in [0, 0.1) is 17.8 Å². The highest BCUT2D eigenvalue weighted by Crippen LogP contribution is 2.28. The summed E-state index contributed by atoms with van der Waals surface area (Å²) in [6, 6.07) is 0.290. The Morgan fingerprint density at radius 2 is 2.05 bits per heavy atom. The zero-order valence-electron chi connectivity index (χ0n) is 12.5. The largest absolute Gasteiger partial charge is 0.481 e. The minimum atomic E-state index is -0.770. The number of aliphatic carboxylic acids is 1. The number of carbonyl (C=O) groups excluding carboxylic acids is 1. The Balaban J connectivity index is 1.73. The highest BCUT2D eigenvalue weighted by atomic mass is 16.4. The van der Waals surface area contributed by atoms with Gasteiger partial charge in [0.05, 0.1) is 5.92 Å². The number of hydrogen-bond donors (Lipinski definition) is 2. The third kappa shape index (κ3) is 3.44. The van der Waals surface area contributed by atoms with E-state index in [1.54, 1.807) is 11.8 Å². The lowest BCUT2D eigenvalue weighted by atomic mass is 9.84. The molecule has 0 bridgehead atoms. The fourth-order valence-electron chi connectivity index (χ4n) is 3.26. The molecule has 5 nitrogen and oxygen atoms in total. The van der Waals surface area contributed by atoms with Crippen molar-refractivity contribution in [2.75, 3.05) is 13.1 Å². The Morgan fingerprint density at radius 3 is 2.65 bits per heavy atom. The summed E-state index contributed by atoms with van der Waals surface area (Å²) < 4.78 is 0. The van der Waals surface area contributed by atoms with Crippen molar-refractivity contribution in [1.29, 1.82) is 0 Å². The van der Waals surface area contributed by atoms with Crippen LogP contribution < -0.4 is 5.32 Å². The first-order valence-electron chi connectivity index (χ1n) is 7.79. The van der Waals surface area contributed by atoms with Gasteiger partial charge in [0.25, 0.3) is 0 Å². The van der Waals surface area contributed by atoms with Gasteiger partial charge < -0.3 is 15.3 Å². The Kier molecular flexibility index (Phi) is 4.89. The Hall–Kier alpha value is -1.26. The SMILES string of the molecule is CCC1CCCC(NC(=O)N2CC(C(C)C(=O)O)C2)C1. The molecule has 1 aliphatic carbocycles. The number of urea groups is 1. The molecule has 1 heterocycles. The van der Waals surface area contributed by atoms with E-state index in [1.807, 2.05) is 0 Å². The third-order valence-electron chi connectivity index (χ3n) is 4.98. The second-order valence-electron chi connectivity index (χ2n) is 6.38. The van der Waals surface area contributed by atoms with Crippen LogP contribution in [0.15, 0.2) is 0 Å². The molecule has 3 unspecified atom stereocenters. The molecular weight excluding hydrogens is 256 g/mol. The van der Waals surface area contributed by atoms with Gasteiger partial charge in [-0.15, -0.1) is 0 Å². The van der Waals surface area contributed by atoms with Gasteiger partial charge in [0.1, 0.15) is 0 Å². The molecule has 0 aromatic carbocycles. The predicted molar refractivity (Wildman–Crippen MR) is 76.4 cm³/mol. The molecule has 1 aliphatic heterocycles. The lowest BCUT2D eigenvalue weighted by Crippen LogP contribution is -2.58. The fourth-order valence-corrected chi connectivity index (χ4v) is 3.26. The topological polar surface area (TPSA) is 69.6 Å². The van der Waals surface area contributed by atoms with E-state index in [0.29, 0.717) is 19.1 Å². The summed E-state index contributed by atoms with van der Waals surface area (Å²) in [5.41, 5.74) is 0. The van der Waals surface area contributed by atoms with Crippen molar-refractivity contribution in [2.24, 2.45) is 17.8 Å². The van der Waals surface area contributed by atoms with Crippen molar-refractivity contribution in [1.82, 2.24) is 10.2 Å². The normalized spacial score (nSPS) is 28.6. The van der Waals surface area contributed by atoms with E-state index in [2.05, 4.69) is 12.2 Å². The minimum absolute atomic E-state index is 0.0133. The maximum absolute atomic E-state index is 12.1. The van der Waals surface area contributed by atoms with Gasteiger partial charge in [0.15, 0.2) is 0 Å². The highest BCUT2D eigenvalue weighted by molar-refractivity contribution is 5.76. The third-order valence-corrected chi connectivity index (χ3v) is 4.98. The van der Waals surface area contributed by atoms with E-state index < -0.39 is 5.97 Å². The van der Waals surface area contributed by atoms with Crippen LogP contribution in [-0.4, -0.2) is 41.1 Å². The maximum Gasteiger partial charge on any atom is 0.317 e. The van der Waals surface area contributed by atoms with Crippen molar-refractivity contribution < 1.29 is 14.7 Å². The molecule has 2 fully saturated rings. The average Bonchev–Trinajstić information content (AvgIpc) is 2.36. The Morgan fingerprint density at radius 1 is 1.35 bits per heavy atom. The van der Waals surface area contributed by atoms with Crippen LogP contribution in [0.5, 0.6) is 0 Å². The van der Waals surface area contributed by atoms with Gasteiger partial charge in [-0.1, -0.05) is 33.1 Å². The summed E-state index contributed by atoms with van der Waals surface area (Å²) in [6.45, 7) is 5.07. The molecule has 0 aromatic heterocycles. The van der Waals surface area contributed by atoms with Gasteiger partial charge in [-0.3, -0.25) is 4.79 Å². The summed E-state index contributed by atoms with van der Waals surface area (Å²) in [4.78, 5) is 24.7. The molecule has 2 aliphatic rings. The molecule has 2 rings (SSSR count). The van der Waals surface area contributed by atoms with E-state index in [4.69, 9.17) is 5.11 Å². The van der Waals surface area contributed by atoms with Crippen LogP contribution in [0.4, 0.5) is 4.79 Å².